The third-order valence-corrected chi connectivity index (χ3v) is 4.51. The van der Waals surface area contributed by atoms with E-state index in [1.807, 2.05) is 19.1 Å². The lowest BCUT2D eigenvalue weighted by Crippen LogP contribution is -2.53. The van der Waals surface area contributed by atoms with Gasteiger partial charge in [-0.1, -0.05) is 18.6 Å². The van der Waals surface area contributed by atoms with Gasteiger partial charge in [0.2, 0.25) is 0 Å². The van der Waals surface area contributed by atoms with Crippen LogP contribution >= 0.6 is 0 Å². The third kappa shape index (κ3) is 3.56. The number of rotatable bonds is 4. The van der Waals surface area contributed by atoms with Crippen molar-refractivity contribution in [1.29, 1.82) is 0 Å². The van der Waals surface area contributed by atoms with E-state index in [-0.39, 0.29) is 12.5 Å². The average Bonchev–Trinajstić information content (AvgIpc) is 2.49. The van der Waals surface area contributed by atoms with E-state index in [4.69, 9.17) is 4.74 Å². The van der Waals surface area contributed by atoms with Gasteiger partial charge in [0.25, 0.3) is 5.91 Å². The van der Waals surface area contributed by atoms with E-state index in [0.717, 1.165) is 31.2 Å². The van der Waals surface area contributed by atoms with Gasteiger partial charge in [-0.05, 0) is 50.7 Å². The molecule has 21 heavy (non-hydrogen) atoms. The monoisotopic (exact) mass is 291 g/mol. The minimum Gasteiger partial charge on any atom is -0.496 e. The molecule has 0 saturated heterocycles. The Labute approximate surface area is 126 Å². The number of nitrogens with one attached hydrogen (secondary N) is 1. The highest BCUT2D eigenvalue weighted by Gasteiger charge is 2.35. The number of carbonyl (C=O) groups is 1. The first-order chi connectivity index (χ1) is 9.99. The summed E-state index contributed by atoms with van der Waals surface area (Å²) >= 11 is 0. The Morgan fingerprint density at radius 2 is 2.10 bits per heavy atom. The van der Waals surface area contributed by atoms with Crippen molar-refractivity contribution < 1.29 is 14.6 Å². The smallest absolute Gasteiger partial charge is 0.255 e. The van der Waals surface area contributed by atoms with E-state index in [1.165, 1.54) is 0 Å². The molecule has 0 bridgehead atoms. The molecule has 116 valence electrons. The molecule has 2 rings (SSSR count). The zero-order chi connectivity index (χ0) is 15.5. The maximum atomic E-state index is 12.6. The van der Waals surface area contributed by atoms with Crippen LogP contribution in [-0.4, -0.2) is 30.3 Å². The fraction of sp³-hybridized carbons (Fsp3) is 0.588. The molecule has 1 aromatic carbocycles. The zero-order valence-electron chi connectivity index (χ0n) is 13.1. The maximum Gasteiger partial charge on any atom is 0.255 e. The number of ether oxygens (including phenoxy) is 1. The van der Waals surface area contributed by atoms with E-state index >= 15 is 0 Å². The molecule has 0 spiro atoms. The number of aliphatic hydroxyl groups excluding tert-OH is 1. The van der Waals surface area contributed by atoms with Gasteiger partial charge in [-0.3, -0.25) is 4.79 Å². The fourth-order valence-corrected chi connectivity index (χ4v) is 2.94. The molecule has 0 aromatic heterocycles. The molecule has 1 saturated carbocycles. The number of benzene rings is 1. The number of methoxy groups -OCH3 is 1. The highest BCUT2D eigenvalue weighted by molar-refractivity contribution is 5.97. The number of carbonyl (C=O) groups excluding carboxylic acids is 1. The van der Waals surface area contributed by atoms with Gasteiger partial charge in [0.15, 0.2) is 0 Å². The van der Waals surface area contributed by atoms with Crippen molar-refractivity contribution in [3.63, 3.8) is 0 Å². The van der Waals surface area contributed by atoms with Crippen LogP contribution in [0.25, 0.3) is 0 Å². The van der Waals surface area contributed by atoms with Crippen molar-refractivity contribution in [3.8, 4) is 5.75 Å². The number of amides is 1. The van der Waals surface area contributed by atoms with Crippen molar-refractivity contribution in [2.24, 2.45) is 5.92 Å². The highest BCUT2D eigenvalue weighted by atomic mass is 16.5. The SMILES string of the molecule is COc1ccc(C)cc1C(=O)NC1(CO)CCC(C)CC1. The van der Waals surface area contributed by atoms with Crippen LogP contribution in [0.2, 0.25) is 0 Å². The van der Waals surface area contributed by atoms with Gasteiger partial charge in [-0.25, -0.2) is 0 Å². The number of hydrogen-bond donors (Lipinski definition) is 2. The summed E-state index contributed by atoms with van der Waals surface area (Å²) in [7, 11) is 1.56. The molecular formula is C17H25NO3. The van der Waals surface area contributed by atoms with Crippen molar-refractivity contribution in [1.82, 2.24) is 5.32 Å². The molecule has 0 unspecified atom stereocenters. The minimum absolute atomic E-state index is 0.0143. The van der Waals surface area contributed by atoms with Gasteiger partial charge in [-0.15, -0.1) is 0 Å². The van der Waals surface area contributed by atoms with Gasteiger partial charge < -0.3 is 15.2 Å². The average molecular weight is 291 g/mol. The molecule has 2 N–H and O–H groups in total. The molecule has 0 heterocycles. The second-order valence-corrected chi connectivity index (χ2v) is 6.28. The van der Waals surface area contributed by atoms with E-state index in [0.29, 0.717) is 17.2 Å². The number of hydrogen-bond acceptors (Lipinski definition) is 3. The summed E-state index contributed by atoms with van der Waals surface area (Å²) in [5, 5.41) is 12.8. The van der Waals surface area contributed by atoms with Crippen LogP contribution in [0.3, 0.4) is 0 Å². The lowest BCUT2D eigenvalue weighted by atomic mass is 9.77. The van der Waals surface area contributed by atoms with Crippen molar-refractivity contribution in [3.05, 3.63) is 29.3 Å². The van der Waals surface area contributed by atoms with E-state index in [9.17, 15) is 9.90 Å². The lowest BCUT2D eigenvalue weighted by Gasteiger charge is -2.38. The first kappa shape index (κ1) is 15.8. The molecule has 1 fully saturated rings. The normalized spacial score (nSPS) is 25.4. The summed E-state index contributed by atoms with van der Waals surface area (Å²) in [6.07, 6.45) is 3.71. The molecule has 0 atom stereocenters. The van der Waals surface area contributed by atoms with Crippen LogP contribution in [0.15, 0.2) is 18.2 Å². The molecule has 1 aromatic rings. The Morgan fingerprint density at radius 1 is 1.43 bits per heavy atom. The van der Waals surface area contributed by atoms with Crippen LogP contribution in [0, 0.1) is 12.8 Å². The molecule has 4 heteroatoms. The molecule has 1 amide bonds. The third-order valence-electron chi connectivity index (χ3n) is 4.51. The molecular weight excluding hydrogens is 266 g/mol. The molecule has 0 aliphatic heterocycles. The summed E-state index contributed by atoms with van der Waals surface area (Å²) in [5.41, 5.74) is 1.05. The summed E-state index contributed by atoms with van der Waals surface area (Å²) in [4.78, 5) is 12.6. The van der Waals surface area contributed by atoms with Gasteiger partial charge in [0.1, 0.15) is 5.75 Å². The Balaban J connectivity index is 2.18. The minimum atomic E-state index is -0.488. The van der Waals surface area contributed by atoms with Gasteiger partial charge in [0.05, 0.1) is 24.8 Å². The predicted octanol–water partition coefficient (Wildman–Crippen LogP) is 2.67. The fourth-order valence-electron chi connectivity index (χ4n) is 2.94. The maximum absolute atomic E-state index is 12.6. The molecule has 0 radical (unpaired) electrons. The predicted molar refractivity (Wildman–Crippen MR) is 82.6 cm³/mol. The topological polar surface area (TPSA) is 58.6 Å². The van der Waals surface area contributed by atoms with E-state index < -0.39 is 5.54 Å². The van der Waals surface area contributed by atoms with Crippen LogP contribution in [0.4, 0.5) is 0 Å². The quantitative estimate of drug-likeness (QED) is 0.896. The number of aliphatic hydroxyl groups is 1. The Morgan fingerprint density at radius 3 is 2.67 bits per heavy atom. The Hall–Kier alpha value is -1.55. The largest absolute Gasteiger partial charge is 0.496 e. The molecule has 1 aliphatic rings. The summed E-state index contributed by atoms with van der Waals surface area (Å²) in [6.45, 7) is 4.15. The second kappa shape index (κ2) is 6.48. The molecule has 4 nitrogen and oxygen atoms in total. The number of aryl methyl sites for hydroxylation is 1. The van der Waals surface area contributed by atoms with E-state index in [1.54, 1.807) is 13.2 Å². The standard InChI is InChI=1S/C17H25NO3/c1-12-6-8-17(11-19,9-7-12)18-16(20)14-10-13(2)4-5-15(14)21-3/h4-5,10,12,19H,6-9,11H2,1-3H3,(H,18,20). The van der Waals surface area contributed by atoms with E-state index in [2.05, 4.69) is 12.2 Å². The summed E-state index contributed by atoms with van der Waals surface area (Å²) in [6, 6.07) is 5.54. The van der Waals surface area contributed by atoms with Crippen LogP contribution in [0.1, 0.15) is 48.5 Å². The Bertz CT molecular complexity index is 505. The first-order valence-corrected chi connectivity index (χ1v) is 7.58. The van der Waals surface area contributed by atoms with Gasteiger partial charge in [0, 0.05) is 0 Å². The molecule has 1 aliphatic carbocycles. The van der Waals surface area contributed by atoms with Crippen molar-refractivity contribution >= 4 is 5.91 Å². The zero-order valence-corrected chi connectivity index (χ0v) is 13.1. The summed E-state index contributed by atoms with van der Waals surface area (Å²) in [5.74, 6) is 1.06. The van der Waals surface area contributed by atoms with Crippen LogP contribution in [-0.2, 0) is 0 Å². The van der Waals surface area contributed by atoms with Gasteiger partial charge >= 0.3 is 0 Å². The first-order valence-electron chi connectivity index (χ1n) is 7.58. The van der Waals surface area contributed by atoms with Crippen molar-refractivity contribution in [2.75, 3.05) is 13.7 Å². The van der Waals surface area contributed by atoms with Crippen molar-refractivity contribution in [2.45, 2.75) is 45.1 Å². The highest BCUT2D eigenvalue weighted by Crippen LogP contribution is 2.32. The van der Waals surface area contributed by atoms with Gasteiger partial charge in [-0.2, -0.15) is 0 Å². The second-order valence-electron chi connectivity index (χ2n) is 6.28. The van der Waals surface area contributed by atoms with Crippen LogP contribution in [0.5, 0.6) is 5.75 Å². The lowest BCUT2D eigenvalue weighted by molar-refractivity contribution is 0.0714. The van der Waals surface area contributed by atoms with Crippen LogP contribution < -0.4 is 10.1 Å². The Kier molecular flexibility index (Phi) is 4.88. The summed E-state index contributed by atoms with van der Waals surface area (Å²) < 4.78 is 5.27.